The van der Waals surface area contributed by atoms with Gasteiger partial charge >= 0.3 is 5.97 Å². The number of aliphatic carboxylic acids is 1. The van der Waals surface area contributed by atoms with Crippen molar-refractivity contribution in [2.75, 3.05) is 20.1 Å². The number of sulfonamides is 1. The van der Waals surface area contributed by atoms with Gasteiger partial charge < -0.3 is 15.5 Å². The molecular weight excluding hydrogens is 562 g/mol. The smallest absolute Gasteiger partial charge is 0.303 e. The highest BCUT2D eigenvalue weighted by Gasteiger charge is 2.31. The van der Waals surface area contributed by atoms with Crippen molar-refractivity contribution in [3.63, 3.8) is 0 Å². The monoisotopic (exact) mass is 600 g/mol. The van der Waals surface area contributed by atoms with Crippen LogP contribution >= 0.6 is 0 Å². The van der Waals surface area contributed by atoms with E-state index in [4.69, 9.17) is 5.11 Å². The number of benzene rings is 3. The molecule has 0 saturated heterocycles. The Hall–Kier alpha value is -3.18. The molecule has 42 heavy (non-hydrogen) atoms. The topological polar surface area (TPSA) is 107 Å². The van der Waals surface area contributed by atoms with Crippen molar-refractivity contribution in [2.24, 2.45) is 5.92 Å². The lowest BCUT2D eigenvalue weighted by molar-refractivity contribution is -0.136. The van der Waals surface area contributed by atoms with Gasteiger partial charge in [-0.25, -0.2) is 17.2 Å². The molecule has 10 heteroatoms. The summed E-state index contributed by atoms with van der Waals surface area (Å²) >= 11 is 0. The summed E-state index contributed by atoms with van der Waals surface area (Å²) in [5.41, 5.74) is 3.23. The first-order valence-corrected chi connectivity index (χ1v) is 15.5. The number of β-amino-alcohol motifs (C(OH)–C–C–N with tert-alkyl or cyclic N) is 1. The number of nitrogens with zero attached hydrogens (tertiary/aromatic N) is 1. The highest BCUT2D eigenvalue weighted by atomic mass is 32.2. The van der Waals surface area contributed by atoms with Gasteiger partial charge in [0, 0.05) is 37.7 Å². The van der Waals surface area contributed by atoms with Crippen molar-refractivity contribution >= 4 is 16.0 Å². The van der Waals surface area contributed by atoms with Crippen LogP contribution in [-0.2, 0) is 34.1 Å². The minimum absolute atomic E-state index is 0.113. The minimum atomic E-state index is -4.45. The molecule has 0 amide bonds. The number of carbonyl (C=O) groups is 1. The van der Waals surface area contributed by atoms with Crippen molar-refractivity contribution in [1.82, 2.24) is 9.62 Å². The normalized spacial score (nSPS) is 14.7. The Morgan fingerprint density at radius 2 is 1.71 bits per heavy atom. The van der Waals surface area contributed by atoms with E-state index in [2.05, 4.69) is 17.4 Å². The van der Waals surface area contributed by atoms with Gasteiger partial charge in [-0.15, -0.1) is 0 Å². The Bertz CT molecular complexity index is 1520. The summed E-state index contributed by atoms with van der Waals surface area (Å²) < 4.78 is 57.4. The van der Waals surface area contributed by atoms with E-state index in [9.17, 15) is 18.3 Å². The predicted octanol–water partition coefficient (Wildman–Crippen LogP) is 4.80. The van der Waals surface area contributed by atoms with Crippen molar-refractivity contribution in [3.8, 4) is 11.1 Å². The van der Waals surface area contributed by atoms with Crippen molar-refractivity contribution in [1.29, 1.82) is 0 Å². The van der Waals surface area contributed by atoms with Crippen LogP contribution in [0.4, 0.5) is 8.78 Å². The van der Waals surface area contributed by atoms with E-state index in [0.717, 1.165) is 29.6 Å². The molecule has 226 valence electrons. The van der Waals surface area contributed by atoms with Crippen LogP contribution in [0.5, 0.6) is 0 Å². The summed E-state index contributed by atoms with van der Waals surface area (Å²) in [5, 5.41) is 22.9. The predicted molar refractivity (Wildman–Crippen MR) is 158 cm³/mol. The summed E-state index contributed by atoms with van der Waals surface area (Å²) in [6, 6.07) is 16.3. The van der Waals surface area contributed by atoms with Crippen LogP contribution in [0, 0.1) is 17.6 Å². The zero-order chi connectivity index (χ0) is 30.7. The van der Waals surface area contributed by atoms with E-state index >= 15 is 8.78 Å². The van der Waals surface area contributed by atoms with E-state index in [1.807, 2.05) is 26.0 Å². The highest BCUT2D eigenvalue weighted by molar-refractivity contribution is 7.89. The summed E-state index contributed by atoms with van der Waals surface area (Å²) in [5.74, 6) is -2.56. The van der Waals surface area contributed by atoms with Gasteiger partial charge in [-0.3, -0.25) is 4.79 Å². The number of likely N-dealkylation sites (N-methyl/N-ethyl adjacent to an activating group) is 1. The third kappa shape index (κ3) is 7.80. The summed E-state index contributed by atoms with van der Waals surface area (Å²) in [7, 11) is -3.23. The van der Waals surface area contributed by atoms with Gasteiger partial charge in [0.15, 0.2) is 0 Å². The first-order valence-electron chi connectivity index (χ1n) is 14.0. The zero-order valence-electron chi connectivity index (χ0n) is 24.1. The standard InChI is InChI=1S/C32H38F2N2O5S/c1-32(2,18-22-14-23-8-4-5-9-24(23)15-22)35-19-26(37)20-36(3)42(40,41)30-17-28(33)27(16-29(30)34)25-10-6-7-21(13-25)11-12-31(38)39/h4-10,13,16-17,22,26,35,37H,11-12,14-15,18-20H2,1-3H3,(H,38,39). The van der Waals surface area contributed by atoms with E-state index in [-0.39, 0.29) is 37.0 Å². The molecule has 3 aromatic rings. The Balaban J connectivity index is 1.37. The molecule has 1 aliphatic rings. The number of halogens is 2. The van der Waals surface area contributed by atoms with Gasteiger partial charge in [-0.1, -0.05) is 48.5 Å². The fourth-order valence-corrected chi connectivity index (χ4v) is 6.96. The van der Waals surface area contributed by atoms with Crippen molar-refractivity contribution < 1.29 is 32.2 Å². The number of aliphatic hydroxyl groups excluding tert-OH is 1. The maximum absolute atomic E-state index is 15.1. The average Bonchev–Trinajstić information content (AvgIpc) is 3.33. The van der Waals surface area contributed by atoms with Crippen LogP contribution in [0.2, 0.25) is 0 Å². The number of fused-ring (bicyclic) bond motifs is 1. The van der Waals surface area contributed by atoms with E-state index in [1.165, 1.54) is 18.2 Å². The minimum Gasteiger partial charge on any atom is -0.481 e. The first kappa shape index (κ1) is 31.7. The number of carboxylic acid groups (broad SMARTS) is 1. The second kappa shape index (κ2) is 13.0. The molecule has 0 fully saturated rings. The van der Waals surface area contributed by atoms with Crippen molar-refractivity contribution in [3.05, 3.63) is 89.0 Å². The quantitative estimate of drug-likeness (QED) is 0.260. The second-order valence-electron chi connectivity index (χ2n) is 11.8. The van der Waals surface area contributed by atoms with Gasteiger partial charge in [0.25, 0.3) is 0 Å². The van der Waals surface area contributed by atoms with Crippen LogP contribution < -0.4 is 5.32 Å². The number of hydrogen-bond donors (Lipinski definition) is 3. The lowest BCUT2D eigenvalue weighted by Crippen LogP contribution is -2.47. The number of nitrogens with one attached hydrogen (secondary N) is 1. The molecule has 7 nitrogen and oxygen atoms in total. The van der Waals surface area contributed by atoms with Gasteiger partial charge in [-0.05, 0) is 79.8 Å². The Morgan fingerprint density at radius 1 is 1.05 bits per heavy atom. The van der Waals surface area contributed by atoms with E-state index in [1.54, 1.807) is 24.3 Å². The van der Waals surface area contributed by atoms with Crippen LogP contribution in [0.25, 0.3) is 11.1 Å². The van der Waals surface area contributed by atoms with E-state index < -0.39 is 38.6 Å². The third-order valence-corrected chi connectivity index (χ3v) is 9.63. The Morgan fingerprint density at radius 3 is 2.36 bits per heavy atom. The number of carboxylic acids is 1. The maximum atomic E-state index is 15.1. The lowest BCUT2D eigenvalue weighted by atomic mass is 9.88. The molecule has 4 rings (SSSR count). The van der Waals surface area contributed by atoms with Crippen LogP contribution in [-0.4, -0.2) is 60.7 Å². The fraction of sp³-hybridized carbons (Fsp3) is 0.406. The first-order chi connectivity index (χ1) is 19.7. The van der Waals surface area contributed by atoms with Gasteiger partial charge in [0.05, 0.1) is 6.10 Å². The van der Waals surface area contributed by atoms with Crippen molar-refractivity contribution in [2.45, 2.75) is 62.5 Å². The zero-order valence-corrected chi connectivity index (χ0v) is 24.9. The molecule has 0 spiro atoms. The summed E-state index contributed by atoms with van der Waals surface area (Å²) in [6.45, 7) is 3.91. The molecule has 3 N–H and O–H groups in total. The number of aryl methyl sites for hydroxylation is 1. The van der Waals surface area contributed by atoms with E-state index in [0.29, 0.717) is 23.1 Å². The van der Waals surface area contributed by atoms with Gasteiger partial charge in [0.2, 0.25) is 10.0 Å². The molecule has 0 heterocycles. The van der Waals surface area contributed by atoms with Crippen LogP contribution in [0.15, 0.2) is 65.6 Å². The number of rotatable bonds is 13. The lowest BCUT2D eigenvalue weighted by Gasteiger charge is -2.31. The maximum Gasteiger partial charge on any atom is 0.303 e. The third-order valence-electron chi connectivity index (χ3n) is 7.79. The second-order valence-corrected chi connectivity index (χ2v) is 13.8. The Kier molecular flexibility index (Phi) is 9.82. The molecule has 1 aliphatic carbocycles. The summed E-state index contributed by atoms with van der Waals surface area (Å²) in [6.07, 6.45) is 1.91. The SMILES string of the molecule is CN(CC(O)CNC(C)(C)CC1Cc2ccccc2C1)S(=O)(=O)c1cc(F)c(-c2cccc(CCC(=O)O)c2)cc1F. The number of aliphatic hydroxyl groups is 1. The number of hydrogen-bond acceptors (Lipinski definition) is 5. The molecule has 3 aromatic carbocycles. The fourth-order valence-electron chi connectivity index (χ4n) is 5.70. The molecule has 0 aromatic heterocycles. The Labute approximate surface area is 246 Å². The molecule has 0 saturated carbocycles. The highest BCUT2D eigenvalue weighted by Crippen LogP contribution is 2.32. The summed E-state index contributed by atoms with van der Waals surface area (Å²) in [4.78, 5) is 10.0. The molecule has 0 radical (unpaired) electrons. The molecule has 1 unspecified atom stereocenters. The molecule has 0 bridgehead atoms. The average molecular weight is 601 g/mol. The van der Waals surface area contributed by atoms with Gasteiger partial charge in [0.1, 0.15) is 16.5 Å². The van der Waals surface area contributed by atoms with Crippen LogP contribution in [0.3, 0.4) is 0 Å². The van der Waals surface area contributed by atoms with Crippen LogP contribution in [0.1, 0.15) is 43.4 Å². The largest absolute Gasteiger partial charge is 0.481 e. The molecule has 0 aliphatic heterocycles. The van der Waals surface area contributed by atoms with Gasteiger partial charge in [-0.2, -0.15) is 4.31 Å². The molecule has 1 atom stereocenters. The molecular formula is C32H38F2N2O5S.